The fourth-order valence-corrected chi connectivity index (χ4v) is 1.56. The molecule has 1 unspecified atom stereocenters. The Morgan fingerprint density at radius 3 is 2.53 bits per heavy atom. The molecule has 4 heteroatoms. The van der Waals surface area contributed by atoms with Gasteiger partial charge in [0.05, 0.1) is 0 Å². The highest BCUT2D eigenvalue weighted by atomic mass is 19.1. The first-order valence-corrected chi connectivity index (χ1v) is 5.33. The van der Waals surface area contributed by atoms with Crippen molar-refractivity contribution in [2.45, 2.75) is 13.0 Å². The summed E-state index contributed by atoms with van der Waals surface area (Å²) in [6, 6.07) is 11.5. The predicted molar refractivity (Wildman–Crippen MR) is 64.3 cm³/mol. The Morgan fingerprint density at radius 2 is 1.88 bits per heavy atom. The van der Waals surface area contributed by atoms with Crippen LogP contribution in [0.2, 0.25) is 0 Å². The lowest BCUT2D eigenvalue weighted by molar-refractivity contribution is 0.475. The number of hydrogen-bond acceptors (Lipinski definition) is 3. The van der Waals surface area contributed by atoms with E-state index in [1.165, 1.54) is 6.07 Å². The fourth-order valence-electron chi connectivity index (χ4n) is 1.56. The molecule has 17 heavy (non-hydrogen) atoms. The van der Waals surface area contributed by atoms with Crippen LogP contribution >= 0.6 is 0 Å². The van der Waals surface area contributed by atoms with E-state index in [1.54, 1.807) is 24.3 Å². The maximum atomic E-state index is 12.9. The van der Waals surface area contributed by atoms with Gasteiger partial charge in [-0.2, -0.15) is 4.39 Å². The summed E-state index contributed by atoms with van der Waals surface area (Å²) in [4.78, 5) is 3.73. The fraction of sp³-hybridized carbons (Fsp3) is 0.154. The third kappa shape index (κ3) is 2.93. The lowest BCUT2D eigenvalue weighted by Gasteiger charge is -2.14. The van der Waals surface area contributed by atoms with E-state index in [0.717, 1.165) is 5.56 Å². The van der Waals surface area contributed by atoms with Crippen molar-refractivity contribution in [3.63, 3.8) is 0 Å². The number of anilines is 1. The summed E-state index contributed by atoms with van der Waals surface area (Å²) in [6.07, 6.45) is 0. The van der Waals surface area contributed by atoms with Crippen LogP contribution in [0.5, 0.6) is 5.75 Å². The maximum Gasteiger partial charge on any atom is 0.214 e. The third-order valence-electron chi connectivity index (χ3n) is 2.47. The molecule has 1 aromatic heterocycles. The van der Waals surface area contributed by atoms with Crippen LogP contribution in [0.15, 0.2) is 42.5 Å². The maximum absolute atomic E-state index is 12.9. The number of phenolic OH excluding ortho intramolecular Hbond substituents is 1. The van der Waals surface area contributed by atoms with E-state index in [-0.39, 0.29) is 11.8 Å². The first kappa shape index (κ1) is 11.4. The van der Waals surface area contributed by atoms with Crippen molar-refractivity contribution in [3.8, 4) is 5.75 Å². The summed E-state index contributed by atoms with van der Waals surface area (Å²) >= 11 is 0. The first-order chi connectivity index (χ1) is 8.15. The van der Waals surface area contributed by atoms with Gasteiger partial charge in [-0.25, -0.2) is 4.98 Å². The standard InChI is InChI=1S/C13H13FN2O/c1-9(10-5-7-11(17)8-6-10)15-13-4-2-3-12(14)16-13/h2-9,17H,1H3,(H,15,16). The average Bonchev–Trinajstić information content (AvgIpc) is 2.29. The Bertz CT molecular complexity index is 499. The van der Waals surface area contributed by atoms with Gasteiger partial charge in [0.1, 0.15) is 11.6 Å². The summed E-state index contributed by atoms with van der Waals surface area (Å²) in [5, 5.41) is 12.3. The van der Waals surface area contributed by atoms with E-state index < -0.39 is 5.95 Å². The number of hydrogen-bond donors (Lipinski definition) is 2. The molecular weight excluding hydrogens is 219 g/mol. The molecule has 2 N–H and O–H groups in total. The normalized spacial score (nSPS) is 12.1. The molecule has 2 aromatic rings. The SMILES string of the molecule is CC(Nc1cccc(F)n1)c1ccc(O)cc1. The summed E-state index contributed by atoms with van der Waals surface area (Å²) in [5.41, 5.74) is 0.994. The summed E-state index contributed by atoms with van der Waals surface area (Å²) in [6.45, 7) is 1.94. The molecule has 0 spiro atoms. The van der Waals surface area contributed by atoms with Gasteiger partial charge in [0.25, 0.3) is 0 Å². The average molecular weight is 232 g/mol. The number of nitrogens with one attached hydrogen (secondary N) is 1. The zero-order valence-electron chi connectivity index (χ0n) is 9.39. The smallest absolute Gasteiger partial charge is 0.214 e. The Kier molecular flexibility index (Phi) is 3.23. The van der Waals surface area contributed by atoms with Gasteiger partial charge in [-0.05, 0) is 36.8 Å². The second-order valence-electron chi connectivity index (χ2n) is 3.80. The first-order valence-electron chi connectivity index (χ1n) is 5.33. The van der Waals surface area contributed by atoms with Crippen LogP contribution in [0.4, 0.5) is 10.2 Å². The summed E-state index contributed by atoms with van der Waals surface area (Å²) < 4.78 is 12.9. The molecule has 1 heterocycles. The molecule has 1 atom stereocenters. The van der Waals surface area contributed by atoms with Crippen molar-refractivity contribution in [2.24, 2.45) is 0 Å². The molecule has 0 radical (unpaired) electrons. The minimum atomic E-state index is -0.507. The third-order valence-corrected chi connectivity index (χ3v) is 2.47. The van der Waals surface area contributed by atoms with Crippen LogP contribution in [-0.2, 0) is 0 Å². The zero-order valence-corrected chi connectivity index (χ0v) is 9.39. The van der Waals surface area contributed by atoms with E-state index in [9.17, 15) is 9.50 Å². The molecule has 0 bridgehead atoms. The minimum absolute atomic E-state index is 0.00935. The molecule has 0 saturated heterocycles. The van der Waals surface area contributed by atoms with Gasteiger partial charge in [0.2, 0.25) is 5.95 Å². The Balaban J connectivity index is 2.11. The number of phenols is 1. The molecule has 2 rings (SSSR count). The van der Waals surface area contributed by atoms with Crippen molar-refractivity contribution in [1.82, 2.24) is 4.98 Å². The van der Waals surface area contributed by atoms with E-state index in [0.29, 0.717) is 5.82 Å². The lowest BCUT2D eigenvalue weighted by Crippen LogP contribution is -2.08. The van der Waals surface area contributed by atoms with Gasteiger partial charge in [-0.3, -0.25) is 0 Å². The molecule has 0 saturated carbocycles. The molecule has 0 aliphatic rings. The van der Waals surface area contributed by atoms with E-state index in [4.69, 9.17) is 0 Å². The Hall–Kier alpha value is -2.10. The molecule has 0 aliphatic heterocycles. The number of nitrogens with zero attached hydrogens (tertiary/aromatic N) is 1. The molecule has 88 valence electrons. The number of pyridine rings is 1. The van der Waals surface area contributed by atoms with Gasteiger partial charge >= 0.3 is 0 Å². The van der Waals surface area contributed by atoms with Crippen LogP contribution in [0.1, 0.15) is 18.5 Å². The van der Waals surface area contributed by atoms with Crippen LogP contribution in [0.25, 0.3) is 0 Å². The van der Waals surface area contributed by atoms with Gasteiger partial charge in [0, 0.05) is 6.04 Å². The van der Waals surface area contributed by atoms with Crippen LogP contribution in [0.3, 0.4) is 0 Å². The van der Waals surface area contributed by atoms with E-state index in [2.05, 4.69) is 10.3 Å². The number of rotatable bonds is 3. The van der Waals surface area contributed by atoms with Crippen LogP contribution in [-0.4, -0.2) is 10.1 Å². The van der Waals surface area contributed by atoms with Crippen LogP contribution in [0, 0.1) is 5.95 Å². The molecular formula is C13H13FN2O. The second-order valence-corrected chi connectivity index (χ2v) is 3.80. The minimum Gasteiger partial charge on any atom is -0.508 e. The van der Waals surface area contributed by atoms with Crippen molar-refractivity contribution >= 4 is 5.82 Å². The largest absolute Gasteiger partial charge is 0.508 e. The van der Waals surface area contributed by atoms with Gasteiger partial charge in [-0.15, -0.1) is 0 Å². The highest BCUT2D eigenvalue weighted by Gasteiger charge is 2.06. The zero-order chi connectivity index (χ0) is 12.3. The Labute approximate surface area is 98.9 Å². The van der Waals surface area contributed by atoms with Crippen LogP contribution < -0.4 is 5.32 Å². The highest BCUT2D eigenvalue weighted by molar-refractivity contribution is 5.38. The van der Waals surface area contributed by atoms with Gasteiger partial charge in [-0.1, -0.05) is 18.2 Å². The Morgan fingerprint density at radius 1 is 1.18 bits per heavy atom. The molecule has 0 fully saturated rings. The summed E-state index contributed by atoms with van der Waals surface area (Å²) in [5.74, 6) is 0.211. The van der Waals surface area contributed by atoms with E-state index in [1.807, 2.05) is 19.1 Å². The lowest BCUT2D eigenvalue weighted by atomic mass is 10.1. The quantitative estimate of drug-likeness (QED) is 0.799. The summed E-state index contributed by atoms with van der Waals surface area (Å²) in [7, 11) is 0. The number of aromatic hydroxyl groups is 1. The molecule has 1 aromatic carbocycles. The van der Waals surface area contributed by atoms with Crippen molar-refractivity contribution in [2.75, 3.05) is 5.32 Å². The number of benzene rings is 1. The van der Waals surface area contributed by atoms with Crippen molar-refractivity contribution in [1.29, 1.82) is 0 Å². The predicted octanol–water partition coefficient (Wildman–Crippen LogP) is 3.10. The van der Waals surface area contributed by atoms with Gasteiger partial charge < -0.3 is 10.4 Å². The van der Waals surface area contributed by atoms with Crippen molar-refractivity contribution < 1.29 is 9.50 Å². The monoisotopic (exact) mass is 232 g/mol. The molecule has 3 nitrogen and oxygen atoms in total. The molecule has 0 amide bonds. The van der Waals surface area contributed by atoms with Crippen molar-refractivity contribution in [3.05, 3.63) is 54.0 Å². The molecule has 0 aliphatic carbocycles. The number of halogens is 1. The highest BCUT2D eigenvalue weighted by Crippen LogP contribution is 2.20. The van der Waals surface area contributed by atoms with E-state index >= 15 is 0 Å². The second kappa shape index (κ2) is 4.82. The van der Waals surface area contributed by atoms with Gasteiger partial charge in [0.15, 0.2) is 0 Å². The topological polar surface area (TPSA) is 45.2 Å². The number of aromatic nitrogens is 1.